The Morgan fingerprint density at radius 3 is 2.96 bits per heavy atom. The molecule has 0 spiro atoms. The number of aromatic amines is 1. The van der Waals surface area contributed by atoms with Gasteiger partial charge in [-0.25, -0.2) is 4.98 Å². The molecule has 0 unspecified atom stereocenters. The van der Waals surface area contributed by atoms with Gasteiger partial charge in [0, 0.05) is 16.1 Å². The zero-order chi connectivity index (χ0) is 16.9. The molecular weight excluding hydrogens is 388 g/mol. The minimum absolute atomic E-state index is 0.0611. The van der Waals surface area contributed by atoms with E-state index in [-0.39, 0.29) is 5.91 Å². The lowest BCUT2D eigenvalue weighted by atomic mass is 9.86. The first kappa shape index (κ1) is 17.5. The highest BCUT2D eigenvalue weighted by Gasteiger charge is 2.22. The number of aromatic nitrogens is 3. The lowest BCUT2D eigenvalue weighted by Gasteiger charge is -2.29. The second-order valence-corrected chi connectivity index (χ2v) is 7.97. The Bertz CT molecular complexity index is 705. The number of benzene rings is 1. The zero-order valence-corrected chi connectivity index (χ0v) is 16.0. The van der Waals surface area contributed by atoms with Gasteiger partial charge in [0.15, 0.2) is 5.82 Å². The number of carbonyl (C=O) groups excluding carboxylic acids is 1. The van der Waals surface area contributed by atoms with Crippen LogP contribution in [-0.2, 0) is 4.79 Å². The first-order valence-corrected chi connectivity index (χ1v) is 10.0. The molecule has 1 aliphatic rings. The van der Waals surface area contributed by atoms with E-state index in [2.05, 4.69) is 43.4 Å². The standard InChI is InChI=1S/C17H21BrN4OS/c1-11-6-2-5-9-14(11)19-15(23)10-24-17-20-16(21-22-17)12-7-3-4-8-13(12)18/h3-4,7-8,11,14H,2,5-6,9-10H2,1H3,(H,19,23)(H,20,21,22)/t11-,14-/m1/s1. The first-order chi connectivity index (χ1) is 11.6. The molecule has 2 aromatic rings. The van der Waals surface area contributed by atoms with Crippen molar-refractivity contribution in [2.24, 2.45) is 5.92 Å². The Labute approximate surface area is 154 Å². The molecule has 0 saturated heterocycles. The predicted octanol–water partition coefficient (Wildman–Crippen LogP) is 4.02. The molecule has 1 amide bonds. The van der Waals surface area contributed by atoms with Crippen molar-refractivity contribution < 1.29 is 4.79 Å². The highest BCUT2D eigenvalue weighted by Crippen LogP contribution is 2.27. The Morgan fingerprint density at radius 1 is 1.38 bits per heavy atom. The van der Waals surface area contributed by atoms with Crippen molar-refractivity contribution in [3.8, 4) is 11.4 Å². The number of amides is 1. The molecule has 1 aromatic heterocycles. The number of rotatable bonds is 5. The van der Waals surface area contributed by atoms with Crippen LogP contribution in [-0.4, -0.2) is 32.9 Å². The number of halogens is 1. The molecule has 1 aromatic carbocycles. The van der Waals surface area contributed by atoms with Crippen LogP contribution in [0.5, 0.6) is 0 Å². The zero-order valence-electron chi connectivity index (χ0n) is 13.6. The summed E-state index contributed by atoms with van der Waals surface area (Å²) in [6, 6.07) is 8.15. The van der Waals surface area contributed by atoms with Gasteiger partial charge in [-0.15, -0.1) is 5.10 Å². The number of carbonyl (C=O) groups is 1. The van der Waals surface area contributed by atoms with Crippen molar-refractivity contribution in [1.82, 2.24) is 20.5 Å². The second kappa shape index (κ2) is 8.16. The molecule has 1 fully saturated rings. The van der Waals surface area contributed by atoms with E-state index < -0.39 is 0 Å². The van der Waals surface area contributed by atoms with E-state index >= 15 is 0 Å². The van der Waals surface area contributed by atoms with Crippen LogP contribution in [0.1, 0.15) is 32.6 Å². The van der Waals surface area contributed by atoms with Gasteiger partial charge in [-0.05, 0) is 24.8 Å². The maximum Gasteiger partial charge on any atom is 0.230 e. The van der Waals surface area contributed by atoms with E-state index in [1.54, 1.807) is 0 Å². The van der Waals surface area contributed by atoms with Gasteiger partial charge in [-0.3, -0.25) is 9.89 Å². The van der Waals surface area contributed by atoms with Crippen molar-refractivity contribution in [2.75, 3.05) is 5.75 Å². The first-order valence-electron chi connectivity index (χ1n) is 8.23. The van der Waals surface area contributed by atoms with Crippen LogP contribution in [0.15, 0.2) is 33.9 Å². The Hall–Kier alpha value is -1.34. The normalized spacial score (nSPS) is 20.8. The summed E-state index contributed by atoms with van der Waals surface area (Å²) >= 11 is 4.87. The molecule has 0 aliphatic heterocycles. The van der Waals surface area contributed by atoms with Gasteiger partial charge in [0.25, 0.3) is 0 Å². The summed E-state index contributed by atoms with van der Waals surface area (Å²) in [7, 11) is 0. The lowest BCUT2D eigenvalue weighted by Crippen LogP contribution is -2.41. The van der Waals surface area contributed by atoms with Crippen molar-refractivity contribution in [2.45, 2.75) is 43.8 Å². The highest BCUT2D eigenvalue weighted by molar-refractivity contribution is 9.10. The molecule has 3 rings (SSSR count). The maximum atomic E-state index is 12.2. The molecule has 0 bridgehead atoms. The summed E-state index contributed by atoms with van der Waals surface area (Å²) in [5, 5.41) is 10.9. The van der Waals surface area contributed by atoms with Crippen LogP contribution < -0.4 is 5.32 Å². The molecular formula is C17H21BrN4OS. The van der Waals surface area contributed by atoms with Crippen LogP contribution in [0, 0.1) is 5.92 Å². The fraction of sp³-hybridized carbons (Fsp3) is 0.471. The van der Waals surface area contributed by atoms with Crippen LogP contribution in [0.4, 0.5) is 0 Å². The maximum absolute atomic E-state index is 12.2. The summed E-state index contributed by atoms with van der Waals surface area (Å²) in [6.45, 7) is 2.22. The average Bonchev–Trinajstić information content (AvgIpc) is 3.04. The highest BCUT2D eigenvalue weighted by atomic mass is 79.9. The molecule has 2 atom stereocenters. The summed E-state index contributed by atoms with van der Waals surface area (Å²) in [6.07, 6.45) is 4.77. The molecule has 1 heterocycles. The summed E-state index contributed by atoms with van der Waals surface area (Å²) < 4.78 is 0.960. The SMILES string of the molecule is C[C@@H]1CCCC[C@H]1NC(=O)CSc1n[nH]c(-c2ccccc2Br)n1. The second-order valence-electron chi connectivity index (χ2n) is 6.17. The van der Waals surface area contributed by atoms with E-state index in [9.17, 15) is 4.79 Å². The van der Waals surface area contributed by atoms with E-state index in [1.807, 2.05) is 24.3 Å². The summed E-state index contributed by atoms with van der Waals surface area (Å²) in [4.78, 5) is 16.6. The molecule has 2 N–H and O–H groups in total. The topological polar surface area (TPSA) is 70.7 Å². The average molecular weight is 409 g/mol. The quantitative estimate of drug-likeness (QED) is 0.732. The van der Waals surface area contributed by atoms with Crippen LogP contribution >= 0.6 is 27.7 Å². The molecule has 1 aliphatic carbocycles. The molecule has 1 saturated carbocycles. The fourth-order valence-corrected chi connectivity index (χ4v) is 4.08. The summed E-state index contributed by atoms with van der Waals surface area (Å²) in [5.74, 6) is 1.67. The van der Waals surface area contributed by atoms with Crippen molar-refractivity contribution >= 4 is 33.6 Å². The van der Waals surface area contributed by atoms with Gasteiger partial charge >= 0.3 is 0 Å². The monoisotopic (exact) mass is 408 g/mol. The lowest BCUT2D eigenvalue weighted by molar-refractivity contribution is -0.119. The van der Waals surface area contributed by atoms with E-state index in [4.69, 9.17) is 0 Å². The third-order valence-electron chi connectivity index (χ3n) is 4.38. The molecule has 24 heavy (non-hydrogen) atoms. The number of nitrogens with zero attached hydrogens (tertiary/aromatic N) is 2. The fourth-order valence-electron chi connectivity index (χ4n) is 2.99. The van der Waals surface area contributed by atoms with Crippen LogP contribution in [0.2, 0.25) is 0 Å². The number of nitrogens with one attached hydrogen (secondary N) is 2. The smallest absolute Gasteiger partial charge is 0.230 e. The number of thioether (sulfide) groups is 1. The summed E-state index contributed by atoms with van der Waals surface area (Å²) in [5.41, 5.74) is 0.956. The largest absolute Gasteiger partial charge is 0.352 e. The van der Waals surface area contributed by atoms with Crippen LogP contribution in [0.25, 0.3) is 11.4 Å². The Balaban J connectivity index is 1.54. The van der Waals surface area contributed by atoms with E-state index in [0.29, 0.717) is 28.7 Å². The molecule has 5 nitrogen and oxygen atoms in total. The third-order valence-corrected chi connectivity index (χ3v) is 5.92. The van der Waals surface area contributed by atoms with E-state index in [0.717, 1.165) is 16.5 Å². The van der Waals surface area contributed by atoms with Gasteiger partial charge in [-0.1, -0.05) is 65.7 Å². The van der Waals surface area contributed by atoms with Gasteiger partial charge in [-0.2, -0.15) is 0 Å². The molecule has 0 radical (unpaired) electrons. The third kappa shape index (κ3) is 4.39. The minimum atomic E-state index is 0.0611. The van der Waals surface area contributed by atoms with Crippen molar-refractivity contribution in [3.63, 3.8) is 0 Å². The minimum Gasteiger partial charge on any atom is -0.352 e. The van der Waals surface area contributed by atoms with Gasteiger partial charge in [0.1, 0.15) is 0 Å². The van der Waals surface area contributed by atoms with E-state index in [1.165, 1.54) is 31.0 Å². The number of hydrogen-bond donors (Lipinski definition) is 2. The van der Waals surface area contributed by atoms with Crippen LogP contribution in [0.3, 0.4) is 0 Å². The van der Waals surface area contributed by atoms with Crippen molar-refractivity contribution in [3.05, 3.63) is 28.7 Å². The van der Waals surface area contributed by atoms with Crippen molar-refractivity contribution in [1.29, 1.82) is 0 Å². The molecule has 7 heteroatoms. The van der Waals surface area contributed by atoms with Gasteiger partial charge < -0.3 is 5.32 Å². The van der Waals surface area contributed by atoms with Gasteiger partial charge in [0.2, 0.25) is 11.1 Å². The molecule has 128 valence electrons. The number of H-pyrrole nitrogens is 1. The Kier molecular flexibility index (Phi) is 5.94. The van der Waals surface area contributed by atoms with Gasteiger partial charge in [0.05, 0.1) is 5.75 Å². The number of hydrogen-bond acceptors (Lipinski definition) is 4. The Morgan fingerprint density at radius 2 is 2.17 bits per heavy atom. The predicted molar refractivity (Wildman–Crippen MR) is 99.8 cm³/mol.